The first-order chi connectivity index (χ1) is 9.50. The predicted octanol–water partition coefficient (Wildman–Crippen LogP) is 2.33. The Morgan fingerprint density at radius 1 is 1.40 bits per heavy atom. The summed E-state index contributed by atoms with van der Waals surface area (Å²) in [6, 6.07) is 4.42. The average molecular weight is 277 g/mol. The molecular formula is C14H19N3O3. The molecule has 20 heavy (non-hydrogen) atoms. The Labute approximate surface area is 117 Å². The number of nitro benzene ring substituents is 1. The van der Waals surface area contributed by atoms with Crippen molar-refractivity contribution in [2.75, 3.05) is 18.4 Å². The number of carbonyl (C=O) groups excluding carboxylic acids is 1. The van der Waals surface area contributed by atoms with Gasteiger partial charge in [-0.05, 0) is 32.3 Å². The monoisotopic (exact) mass is 277 g/mol. The van der Waals surface area contributed by atoms with Crippen LogP contribution in [0.25, 0.3) is 0 Å². The number of hydrogen-bond acceptors (Lipinski definition) is 4. The molecule has 1 fully saturated rings. The number of nitro groups is 1. The van der Waals surface area contributed by atoms with Crippen molar-refractivity contribution in [3.05, 3.63) is 33.9 Å². The van der Waals surface area contributed by atoms with Gasteiger partial charge in [0.25, 0.3) is 5.69 Å². The summed E-state index contributed by atoms with van der Waals surface area (Å²) in [6.45, 7) is 5.10. The number of para-hydroxylation sites is 1. The summed E-state index contributed by atoms with van der Waals surface area (Å²) in [5, 5.41) is 14.1. The number of anilines is 1. The average Bonchev–Trinajstić information content (AvgIpc) is 2.93. The van der Waals surface area contributed by atoms with E-state index >= 15 is 0 Å². The summed E-state index contributed by atoms with van der Waals surface area (Å²) in [5.41, 5.74) is 1.20. The molecule has 108 valence electrons. The molecule has 2 rings (SSSR count). The van der Waals surface area contributed by atoms with Crippen molar-refractivity contribution < 1.29 is 9.72 Å². The molecule has 1 heterocycles. The van der Waals surface area contributed by atoms with Crippen LogP contribution in [0.3, 0.4) is 0 Å². The fraction of sp³-hybridized carbons (Fsp3) is 0.500. The highest BCUT2D eigenvalue weighted by molar-refractivity contribution is 5.85. The van der Waals surface area contributed by atoms with Gasteiger partial charge < -0.3 is 10.2 Å². The van der Waals surface area contributed by atoms with Crippen LogP contribution < -0.4 is 5.32 Å². The summed E-state index contributed by atoms with van der Waals surface area (Å²) < 4.78 is 0. The SMILES string of the molecule is Cc1cccc([N+](=O)[O-])c1NC(C)C(=O)N1CCCC1. The molecule has 1 aromatic carbocycles. The van der Waals surface area contributed by atoms with Crippen LogP contribution in [0, 0.1) is 17.0 Å². The second-order valence-electron chi connectivity index (χ2n) is 5.12. The van der Waals surface area contributed by atoms with E-state index in [0.717, 1.165) is 31.5 Å². The zero-order valence-corrected chi connectivity index (χ0v) is 11.8. The quantitative estimate of drug-likeness (QED) is 0.677. The maximum atomic E-state index is 12.2. The number of hydrogen-bond donors (Lipinski definition) is 1. The number of aryl methyl sites for hydroxylation is 1. The molecule has 0 aliphatic carbocycles. The molecule has 1 aliphatic heterocycles. The van der Waals surface area contributed by atoms with E-state index in [2.05, 4.69) is 5.32 Å². The molecule has 6 nitrogen and oxygen atoms in total. The molecule has 1 atom stereocenters. The maximum Gasteiger partial charge on any atom is 0.292 e. The van der Waals surface area contributed by atoms with Crippen molar-refractivity contribution in [2.24, 2.45) is 0 Å². The summed E-state index contributed by atoms with van der Waals surface area (Å²) in [6.07, 6.45) is 2.06. The van der Waals surface area contributed by atoms with Crippen LogP contribution >= 0.6 is 0 Å². The predicted molar refractivity (Wildman–Crippen MR) is 76.7 cm³/mol. The van der Waals surface area contributed by atoms with Crippen LogP contribution in [0.15, 0.2) is 18.2 Å². The lowest BCUT2D eigenvalue weighted by Gasteiger charge is -2.22. The molecule has 1 amide bonds. The van der Waals surface area contributed by atoms with E-state index < -0.39 is 11.0 Å². The van der Waals surface area contributed by atoms with E-state index in [9.17, 15) is 14.9 Å². The molecule has 1 saturated heterocycles. The van der Waals surface area contributed by atoms with E-state index in [-0.39, 0.29) is 11.6 Å². The molecule has 0 spiro atoms. The van der Waals surface area contributed by atoms with E-state index in [1.807, 2.05) is 4.90 Å². The molecule has 6 heteroatoms. The minimum Gasteiger partial charge on any atom is -0.368 e. The lowest BCUT2D eigenvalue weighted by Crippen LogP contribution is -2.39. The van der Waals surface area contributed by atoms with Crippen molar-refractivity contribution in [3.63, 3.8) is 0 Å². The van der Waals surface area contributed by atoms with E-state index in [1.165, 1.54) is 6.07 Å². The van der Waals surface area contributed by atoms with E-state index in [1.54, 1.807) is 26.0 Å². The lowest BCUT2D eigenvalue weighted by molar-refractivity contribution is -0.384. The van der Waals surface area contributed by atoms with Gasteiger partial charge in [0.2, 0.25) is 5.91 Å². The van der Waals surface area contributed by atoms with E-state index in [4.69, 9.17) is 0 Å². The van der Waals surface area contributed by atoms with Gasteiger partial charge in [-0.15, -0.1) is 0 Å². The van der Waals surface area contributed by atoms with Gasteiger partial charge in [-0.3, -0.25) is 14.9 Å². The number of likely N-dealkylation sites (tertiary alicyclic amines) is 1. The number of benzene rings is 1. The third-order valence-electron chi connectivity index (χ3n) is 3.60. The fourth-order valence-electron chi connectivity index (χ4n) is 2.48. The first-order valence-electron chi connectivity index (χ1n) is 6.80. The molecular weight excluding hydrogens is 258 g/mol. The lowest BCUT2D eigenvalue weighted by atomic mass is 10.1. The number of rotatable bonds is 4. The van der Waals surface area contributed by atoms with Gasteiger partial charge in [0.05, 0.1) is 4.92 Å². The Bertz CT molecular complexity index is 524. The first-order valence-corrected chi connectivity index (χ1v) is 6.80. The number of carbonyl (C=O) groups is 1. The Kier molecular flexibility index (Phi) is 4.22. The highest BCUT2D eigenvalue weighted by atomic mass is 16.6. The van der Waals surface area contributed by atoms with Crippen LogP contribution in [0.2, 0.25) is 0 Å². The van der Waals surface area contributed by atoms with Crippen LogP contribution in [0.5, 0.6) is 0 Å². The Balaban J connectivity index is 2.16. The van der Waals surface area contributed by atoms with Gasteiger partial charge in [-0.25, -0.2) is 0 Å². The summed E-state index contributed by atoms with van der Waals surface area (Å²) in [5.74, 6) is 0.0000472. The highest BCUT2D eigenvalue weighted by Crippen LogP contribution is 2.28. The van der Waals surface area contributed by atoms with Crippen molar-refractivity contribution in [1.29, 1.82) is 0 Å². The zero-order valence-electron chi connectivity index (χ0n) is 11.8. The Morgan fingerprint density at radius 3 is 2.65 bits per heavy atom. The van der Waals surface area contributed by atoms with Crippen molar-refractivity contribution in [2.45, 2.75) is 32.7 Å². The van der Waals surface area contributed by atoms with Crippen LogP contribution in [0.1, 0.15) is 25.3 Å². The summed E-state index contributed by atoms with van der Waals surface area (Å²) in [7, 11) is 0. The standard InChI is InChI=1S/C14H19N3O3/c1-10-6-5-7-12(17(19)20)13(10)15-11(2)14(18)16-8-3-4-9-16/h5-7,11,15H,3-4,8-9H2,1-2H3. The van der Waals surface area contributed by atoms with Gasteiger partial charge in [-0.2, -0.15) is 0 Å². The minimum atomic E-state index is -0.465. The largest absolute Gasteiger partial charge is 0.368 e. The Hall–Kier alpha value is -2.11. The van der Waals surface area contributed by atoms with Crippen LogP contribution in [-0.2, 0) is 4.79 Å². The number of nitrogens with one attached hydrogen (secondary N) is 1. The van der Waals surface area contributed by atoms with Crippen molar-refractivity contribution in [3.8, 4) is 0 Å². The molecule has 1 N–H and O–H groups in total. The molecule has 1 aliphatic rings. The van der Waals surface area contributed by atoms with Crippen LogP contribution in [0.4, 0.5) is 11.4 Å². The molecule has 0 bridgehead atoms. The maximum absolute atomic E-state index is 12.2. The van der Waals surface area contributed by atoms with Crippen molar-refractivity contribution in [1.82, 2.24) is 4.90 Å². The molecule has 1 aromatic rings. The molecule has 1 unspecified atom stereocenters. The zero-order chi connectivity index (χ0) is 14.7. The van der Waals surface area contributed by atoms with E-state index in [0.29, 0.717) is 5.69 Å². The smallest absolute Gasteiger partial charge is 0.292 e. The Morgan fingerprint density at radius 2 is 2.05 bits per heavy atom. The van der Waals surface area contributed by atoms with Gasteiger partial charge in [0.15, 0.2) is 0 Å². The van der Waals surface area contributed by atoms with Gasteiger partial charge >= 0.3 is 0 Å². The van der Waals surface area contributed by atoms with Crippen LogP contribution in [-0.4, -0.2) is 34.9 Å². The van der Waals surface area contributed by atoms with Gasteiger partial charge in [-0.1, -0.05) is 12.1 Å². The third-order valence-corrected chi connectivity index (χ3v) is 3.60. The second kappa shape index (κ2) is 5.90. The molecule has 0 aromatic heterocycles. The third kappa shape index (κ3) is 2.89. The molecule has 0 saturated carbocycles. The number of nitrogens with zero attached hydrogens (tertiary/aromatic N) is 2. The fourth-order valence-corrected chi connectivity index (χ4v) is 2.48. The topological polar surface area (TPSA) is 75.5 Å². The first kappa shape index (κ1) is 14.3. The number of amides is 1. The highest BCUT2D eigenvalue weighted by Gasteiger charge is 2.25. The normalized spacial score (nSPS) is 16.0. The second-order valence-corrected chi connectivity index (χ2v) is 5.12. The summed E-state index contributed by atoms with van der Waals surface area (Å²) in [4.78, 5) is 24.7. The van der Waals surface area contributed by atoms with Gasteiger partial charge in [0, 0.05) is 19.2 Å². The summed E-state index contributed by atoms with van der Waals surface area (Å²) >= 11 is 0. The van der Waals surface area contributed by atoms with Crippen molar-refractivity contribution >= 4 is 17.3 Å². The molecule has 0 radical (unpaired) electrons. The minimum absolute atomic E-state index is 0.0000472. The van der Waals surface area contributed by atoms with Gasteiger partial charge in [0.1, 0.15) is 11.7 Å².